The third-order valence-electron chi connectivity index (χ3n) is 7.57. The molecule has 2 aliphatic carbocycles. The number of carbonyl (C=O) groups excluding carboxylic acids is 2. The third-order valence-corrected chi connectivity index (χ3v) is 9.92. The van der Waals surface area contributed by atoms with Gasteiger partial charge in [-0.1, -0.05) is 24.3 Å². The van der Waals surface area contributed by atoms with Crippen LogP contribution in [0.2, 0.25) is 0 Å². The number of benzene rings is 2. The van der Waals surface area contributed by atoms with Gasteiger partial charge in [-0.05, 0) is 72.2 Å². The summed E-state index contributed by atoms with van der Waals surface area (Å²) < 4.78 is 12.5. The summed E-state index contributed by atoms with van der Waals surface area (Å²) in [5, 5.41) is 0.0783. The molecule has 7 heteroatoms. The van der Waals surface area contributed by atoms with Crippen LogP contribution in [0.1, 0.15) is 41.7 Å². The molecule has 0 unspecified atom stereocenters. The molecule has 2 bridgehead atoms. The largest absolute Gasteiger partial charge is 0.493 e. The molecule has 0 saturated carbocycles. The zero-order valence-corrected chi connectivity index (χ0v) is 22.2. The summed E-state index contributed by atoms with van der Waals surface area (Å²) in [5.41, 5.74) is 2.67. The van der Waals surface area contributed by atoms with Gasteiger partial charge < -0.3 is 14.4 Å². The minimum absolute atomic E-state index is 0.0141. The maximum Gasteiger partial charge on any atom is 0.308 e. The molecule has 1 aliphatic heterocycles. The number of allylic oxidation sites excluding steroid dienone is 1. The highest BCUT2D eigenvalue weighted by molar-refractivity contribution is 9.10. The van der Waals surface area contributed by atoms with Gasteiger partial charge in [-0.25, -0.2) is 0 Å². The summed E-state index contributed by atoms with van der Waals surface area (Å²) >= 11 is 5.54. The van der Waals surface area contributed by atoms with Crippen LogP contribution in [-0.4, -0.2) is 43.4 Å². The number of ketones is 1. The molecule has 178 valence electrons. The Kier molecular flexibility index (Phi) is 6.15. The lowest BCUT2D eigenvalue weighted by atomic mass is 9.53. The van der Waals surface area contributed by atoms with Gasteiger partial charge in [-0.3, -0.25) is 9.59 Å². The topological polar surface area (TPSA) is 55.8 Å². The summed E-state index contributed by atoms with van der Waals surface area (Å²) in [6.07, 6.45) is 3.22. The van der Waals surface area contributed by atoms with Crippen LogP contribution in [0.25, 0.3) is 0 Å². The fourth-order valence-corrected chi connectivity index (χ4v) is 8.11. The molecule has 0 spiro atoms. The van der Waals surface area contributed by atoms with Gasteiger partial charge in [0.15, 0.2) is 11.5 Å². The van der Waals surface area contributed by atoms with Crippen molar-refractivity contribution in [1.82, 2.24) is 4.90 Å². The van der Waals surface area contributed by atoms with Gasteiger partial charge in [0.1, 0.15) is 5.75 Å². The molecule has 3 aliphatic rings. The van der Waals surface area contributed by atoms with Crippen molar-refractivity contribution >= 4 is 39.4 Å². The SMILES string of the molecule is COC1=C[C@@H]2[C@@H]3[C@H](Sc4ccccc4Br)c4ccc(C)c(OC(C)=O)c4[C@]2(CCN3C)CC1=O. The van der Waals surface area contributed by atoms with Crippen molar-refractivity contribution in [2.24, 2.45) is 5.92 Å². The number of esters is 1. The molecule has 0 radical (unpaired) electrons. The van der Waals surface area contributed by atoms with Crippen molar-refractivity contribution in [3.05, 3.63) is 69.4 Å². The summed E-state index contributed by atoms with van der Waals surface area (Å²) in [4.78, 5) is 28.9. The Hall–Kier alpha value is -2.09. The highest BCUT2D eigenvalue weighted by Crippen LogP contribution is 2.63. The molecule has 2 aromatic rings. The van der Waals surface area contributed by atoms with E-state index in [1.807, 2.05) is 43.0 Å². The van der Waals surface area contributed by atoms with Gasteiger partial charge in [0.2, 0.25) is 0 Å². The fourth-order valence-electron chi connectivity index (χ4n) is 6.09. The first-order valence-corrected chi connectivity index (χ1v) is 13.2. The Bertz CT molecular complexity index is 1210. The van der Waals surface area contributed by atoms with E-state index in [4.69, 9.17) is 9.47 Å². The zero-order valence-electron chi connectivity index (χ0n) is 19.8. The van der Waals surface area contributed by atoms with E-state index in [0.717, 1.165) is 39.0 Å². The van der Waals surface area contributed by atoms with Gasteiger partial charge in [0, 0.05) is 45.7 Å². The van der Waals surface area contributed by atoms with Crippen LogP contribution >= 0.6 is 27.7 Å². The number of halogens is 1. The molecule has 5 rings (SSSR count). The lowest BCUT2D eigenvalue weighted by molar-refractivity contribution is -0.132. The quantitative estimate of drug-likeness (QED) is 0.371. The van der Waals surface area contributed by atoms with E-state index in [-0.39, 0.29) is 29.0 Å². The number of ether oxygens (including phenoxy) is 2. The smallest absolute Gasteiger partial charge is 0.308 e. The van der Waals surface area contributed by atoms with Crippen LogP contribution in [0, 0.1) is 12.8 Å². The Labute approximate surface area is 213 Å². The maximum atomic E-state index is 13.2. The number of Topliss-reactive ketones (excluding diaryl/α,β-unsaturated/α-hetero) is 1. The van der Waals surface area contributed by atoms with Gasteiger partial charge in [0.05, 0.1) is 12.4 Å². The second-order valence-corrected chi connectivity index (χ2v) is 11.5. The highest BCUT2D eigenvalue weighted by Gasteiger charge is 2.59. The summed E-state index contributed by atoms with van der Waals surface area (Å²) in [6, 6.07) is 12.6. The van der Waals surface area contributed by atoms with E-state index in [0.29, 0.717) is 17.9 Å². The molecule has 1 fully saturated rings. The normalized spacial score (nSPS) is 28.0. The first-order chi connectivity index (χ1) is 16.3. The van der Waals surface area contributed by atoms with Gasteiger partial charge in [0.25, 0.3) is 0 Å². The number of nitrogens with zero attached hydrogens (tertiary/aromatic N) is 1. The lowest BCUT2D eigenvalue weighted by Gasteiger charge is -2.59. The average molecular weight is 542 g/mol. The Morgan fingerprint density at radius 1 is 1.24 bits per heavy atom. The number of piperidine rings is 1. The number of likely N-dealkylation sites (tertiary alicyclic amines) is 1. The number of fused-ring (bicyclic) bond motifs is 1. The maximum absolute atomic E-state index is 13.2. The molecule has 1 saturated heterocycles. The van der Waals surface area contributed by atoms with E-state index < -0.39 is 5.41 Å². The molecule has 0 aromatic heterocycles. The Balaban J connectivity index is 1.79. The Morgan fingerprint density at radius 3 is 2.71 bits per heavy atom. The van der Waals surface area contributed by atoms with E-state index in [1.54, 1.807) is 7.11 Å². The zero-order chi connectivity index (χ0) is 24.2. The first-order valence-electron chi connectivity index (χ1n) is 11.5. The van der Waals surface area contributed by atoms with Crippen molar-refractivity contribution < 1.29 is 19.1 Å². The summed E-state index contributed by atoms with van der Waals surface area (Å²) in [6.45, 7) is 4.28. The number of carbonyl (C=O) groups is 2. The van der Waals surface area contributed by atoms with Crippen molar-refractivity contribution in [2.45, 2.75) is 48.3 Å². The van der Waals surface area contributed by atoms with Crippen LogP contribution in [0.4, 0.5) is 0 Å². The second-order valence-electron chi connectivity index (χ2n) is 9.48. The van der Waals surface area contributed by atoms with E-state index in [2.05, 4.69) is 46.1 Å². The number of thioether (sulfide) groups is 1. The molecule has 0 N–H and O–H groups in total. The minimum Gasteiger partial charge on any atom is -0.493 e. The van der Waals surface area contributed by atoms with Gasteiger partial charge >= 0.3 is 5.97 Å². The van der Waals surface area contributed by atoms with E-state index in [9.17, 15) is 9.59 Å². The van der Waals surface area contributed by atoms with E-state index >= 15 is 0 Å². The van der Waals surface area contributed by atoms with Crippen LogP contribution < -0.4 is 4.74 Å². The minimum atomic E-state index is -0.423. The molecule has 0 amide bonds. The van der Waals surface area contributed by atoms with Crippen molar-refractivity contribution in [3.63, 3.8) is 0 Å². The van der Waals surface area contributed by atoms with Crippen molar-refractivity contribution in [3.8, 4) is 5.75 Å². The number of hydrogen-bond donors (Lipinski definition) is 0. The molecular weight excluding hydrogens is 514 g/mol. The molecule has 5 nitrogen and oxygen atoms in total. The van der Waals surface area contributed by atoms with Crippen LogP contribution in [0.5, 0.6) is 5.75 Å². The van der Waals surface area contributed by atoms with Crippen LogP contribution in [0.15, 0.2) is 57.6 Å². The average Bonchev–Trinajstić information content (AvgIpc) is 2.79. The Morgan fingerprint density at radius 2 is 2.00 bits per heavy atom. The highest BCUT2D eigenvalue weighted by atomic mass is 79.9. The molecular formula is C27H28BrNO4S. The number of aryl methyl sites for hydroxylation is 1. The molecule has 2 aromatic carbocycles. The van der Waals surface area contributed by atoms with Gasteiger partial charge in [-0.15, -0.1) is 11.8 Å². The number of methoxy groups -OCH3 is 1. The number of likely N-dealkylation sites (N-methyl/N-ethyl adjacent to an activating group) is 1. The second kappa shape index (κ2) is 8.85. The monoisotopic (exact) mass is 541 g/mol. The third kappa shape index (κ3) is 3.64. The lowest BCUT2D eigenvalue weighted by Crippen LogP contribution is -2.61. The first kappa shape index (κ1) is 23.6. The number of hydrogen-bond acceptors (Lipinski definition) is 6. The van der Waals surface area contributed by atoms with Crippen LogP contribution in [0.3, 0.4) is 0 Å². The fraction of sp³-hybridized carbons (Fsp3) is 0.407. The van der Waals surface area contributed by atoms with Gasteiger partial charge in [-0.2, -0.15) is 0 Å². The summed E-state index contributed by atoms with van der Waals surface area (Å²) in [5.74, 6) is 0.793. The summed E-state index contributed by atoms with van der Waals surface area (Å²) in [7, 11) is 3.74. The van der Waals surface area contributed by atoms with Crippen molar-refractivity contribution in [1.29, 1.82) is 0 Å². The predicted octanol–water partition coefficient (Wildman–Crippen LogP) is 5.59. The van der Waals surface area contributed by atoms with Crippen molar-refractivity contribution in [2.75, 3.05) is 20.7 Å². The standard InChI is InChI=1S/C27H28BrNO4S/c1-15-9-10-17-23(25(15)33-16(2)30)27-11-12-29(3)24(18(27)13-21(32-4)20(31)14-27)26(17)34-22-8-6-5-7-19(22)28/h5-10,13,18,24,26H,11-12,14H2,1-4H3/t18-,24-,26-,27-/m1/s1. The predicted molar refractivity (Wildman–Crippen MR) is 136 cm³/mol. The molecule has 4 atom stereocenters. The molecule has 34 heavy (non-hydrogen) atoms. The molecule has 1 heterocycles. The van der Waals surface area contributed by atoms with Crippen LogP contribution in [-0.2, 0) is 19.7 Å². The van der Waals surface area contributed by atoms with E-state index in [1.165, 1.54) is 6.92 Å². The number of rotatable bonds is 4.